The number of aromatic nitrogens is 2. The standard InChI is InChI=1S/C14H22N2O2/c1-5-11-6-12(7-13(11)17)18-14-8(2)9(3)15-10(4)16-14/h11-13,17H,5-7H2,1-4H3/t11-,12-,13+/m1/s1. The van der Waals surface area contributed by atoms with Crippen molar-refractivity contribution in [2.75, 3.05) is 0 Å². The van der Waals surface area contributed by atoms with Crippen molar-refractivity contribution in [3.8, 4) is 5.88 Å². The Morgan fingerprint density at radius 1 is 1.22 bits per heavy atom. The SMILES string of the molecule is CC[C@@H]1C[C@@H](Oc2nc(C)nc(C)c2C)C[C@@H]1O. The van der Waals surface area contributed by atoms with Gasteiger partial charge in [-0.2, -0.15) is 4.98 Å². The first-order valence-corrected chi connectivity index (χ1v) is 6.67. The molecule has 100 valence electrons. The Morgan fingerprint density at radius 2 is 1.94 bits per heavy atom. The van der Waals surface area contributed by atoms with Gasteiger partial charge in [0.05, 0.1) is 6.10 Å². The van der Waals surface area contributed by atoms with Crippen molar-refractivity contribution < 1.29 is 9.84 Å². The molecule has 0 radical (unpaired) electrons. The predicted molar refractivity (Wildman–Crippen MR) is 69.7 cm³/mol. The minimum atomic E-state index is -0.232. The van der Waals surface area contributed by atoms with Gasteiger partial charge in [-0.05, 0) is 33.1 Å². The highest BCUT2D eigenvalue weighted by molar-refractivity contribution is 5.28. The quantitative estimate of drug-likeness (QED) is 0.894. The zero-order valence-electron chi connectivity index (χ0n) is 11.6. The lowest BCUT2D eigenvalue weighted by molar-refractivity contribution is 0.121. The summed E-state index contributed by atoms with van der Waals surface area (Å²) >= 11 is 0. The first-order valence-electron chi connectivity index (χ1n) is 6.67. The third-order valence-electron chi connectivity index (χ3n) is 3.87. The molecule has 1 aromatic heterocycles. The Bertz CT molecular complexity index is 434. The second kappa shape index (κ2) is 5.22. The topological polar surface area (TPSA) is 55.2 Å². The molecule has 1 heterocycles. The molecule has 0 spiro atoms. The van der Waals surface area contributed by atoms with E-state index in [1.54, 1.807) is 0 Å². The first-order chi connectivity index (χ1) is 8.51. The van der Waals surface area contributed by atoms with E-state index in [2.05, 4.69) is 16.9 Å². The fourth-order valence-electron chi connectivity index (χ4n) is 2.60. The van der Waals surface area contributed by atoms with Gasteiger partial charge >= 0.3 is 0 Å². The number of rotatable bonds is 3. The van der Waals surface area contributed by atoms with E-state index in [9.17, 15) is 5.11 Å². The molecule has 1 N–H and O–H groups in total. The van der Waals surface area contributed by atoms with Crippen LogP contribution < -0.4 is 4.74 Å². The summed E-state index contributed by atoms with van der Waals surface area (Å²) < 4.78 is 5.96. The van der Waals surface area contributed by atoms with Gasteiger partial charge in [0.1, 0.15) is 11.9 Å². The highest BCUT2D eigenvalue weighted by atomic mass is 16.5. The van der Waals surface area contributed by atoms with Gasteiger partial charge in [-0.25, -0.2) is 4.98 Å². The second-order valence-electron chi connectivity index (χ2n) is 5.23. The van der Waals surface area contributed by atoms with Crippen molar-refractivity contribution in [2.24, 2.45) is 5.92 Å². The average Bonchev–Trinajstić information content (AvgIpc) is 2.65. The van der Waals surface area contributed by atoms with E-state index in [0.717, 1.165) is 29.9 Å². The zero-order valence-corrected chi connectivity index (χ0v) is 11.6. The number of aryl methyl sites for hydroxylation is 2. The monoisotopic (exact) mass is 250 g/mol. The van der Waals surface area contributed by atoms with E-state index in [-0.39, 0.29) is 12.2 Å². The molecule has 18 heavy (non-hydrogen) atoms. The van der Waals surface area contributed by atoms with E-state index < -0.39 is 0 Å². The molecule has 1 aliphatic rings. The third-order valence-corrected chi connectivity index (χ3v) is 3.87. The van der Waals surface area contributed by atoms with Gasteiger partial charge in [-0.3, -0.25) is 0 Å². The molecule has 0 aromatic carbocycles. The van der Waals surface area contributed by atoms with Crippen LogP contribution in [0, 0.1) is 26.7 Å². The Hall–Kier alpha value is -1.16. The van der Waals surface area contributed by atoms with Crippen LogP contribution in [0.4, 0.5) is 0 Å². The predicted octanol–water partition coefficient (Wildman–Crippen LogP) is 2.33. The normalized spacial score (nSPS) is 27.5. The second-order valence-corrected chi connectivity index (χ2v) is 5.23. The molecule has 0 aliphatic heterocycles. The lowest BCUT2D eigenvalue weighted by Gasteiger charge is -2.15. The molecular weight excluding hydrogens is 228 g/mol. The van der Waals surface area contributed by atoms with Crippen LogP contribution in [0.5, 0.6) is 5.88 Å². The van der Waals surface area contributed by atoms with Gasteiger partial charge < -0.3 is 9.84 Å². The molecular formula is C14H22N2O2. The molecule has 0 saturated heterocycles. The molecule has 0 bridgehead atoms. The molecule has 1 saturated carbocycles. The molecule has 4 heteroatoms. The Labute approximate surface area is 108 Å². The van der Waals surface area contributed by atoms with Crippen LogP contribution in [-0.4, -0.2) is 27.3 Å². The Balaban J connectivity index is 2.11. The average molecular weight is 250 g/mol. The fourth-order valence-corrected chi connectivity index (χ4v) is 2.60. The minimum Gasteiger partial charge on any atom is -0.474 e. The summed E-state index contributed by atoms with van der Waals surface area (Å²) in [6.07, 6.45) is 2.47. The van der Waals surface area contributed by atoms with E-state index >= 15 is 0 Å². The van der Waals surface area contributed by atoms with Crippen molar-refractivity contribution in [1.29, 1.82) is 0 Å². The largest absolute Gasteiger partial charge is 0.474 e. The van der Waals surface area contributed by atoms with Gasteiger partial charge in [0.15, 0.2) is 0 Å². The lowest BCUT2D eigenvalue weighted by Crippen LogP contribution is -2.16. The van der Waals surface area contributed by atoms with Gasteiger partial charge in [-0.15, -0.1) is 0 Å². The zero-order chi connectivity index (χ0) is 13.3. The number of hydrogen-bond acceptors (Lipinski definition) is 4. The fraction of sp³-hybridized carbons (Fsp3) is 0.714. The van der Waals surface area contributed by atoms with Crippen LogP contribution in [0.3, 0.4) is 0 Å². The van der Waals surface area contributed by atoms with Gasteiger partial charge in [0.2, 0.25) is 5.88 Å². The maximum Gasteiger partial charge on any atom is 0.220 e. The highest BCUT2D eigenvalue weighted by Gasteiger charge is 2.33. The molecule has 1 fully saturated rings. The lowest BCUT2D eigenvalue weighted by atomic mass is 10.0. The summed E-state index contributed by atoms with van der Waals surface area (Å²) in [5, 5.41) is 9.90. The van der Waals surface area contributed by atoms with Gasteiger partial charge in [0.25, 0.3) is 0 Å². The minimum absolute atomic E-state index is 0.0809. The van der Waals surface area contributed by atoms with Crippen LogP contribution in [0.1, 0.15) is 43.3 Å². The van der Waals surface area contributed by atoms with Crippen molar-refractivity contribution in [1.82, 2.24) is 9.97 Å². The molecule has 4 nitrogen and oxygen atoms in total. The van der Waals surface area contributed by atoms with Crippen LogP contribution >= 0.6 is 0 Å². The van der Waals surface area contributed by atoms with E-state index in [0.29, 0.717) is 18.2 Å². The molecule has 1 aromatic rings. The molecule has 0 amide bonds. The smallest absolute Gasteiger partial charge is 0.220 e. The van der Waals surface area contributed by atoms with Crippen molar-refractivity contribution >= 4 is 0 Å². The van der Waals surface area contributed by atoms with E-state index in [1.807, 2.05) is 20.8 Å². The van der Waals surface area contributed by atoms with Crippen LogP contribution in [0.15, 0.2) is 0 Å². The summed E-state index contributed by atoms with van der Waals surface area (Å²) in [4.78, 5) is 8.67. The molecule has 1 aliphatic carbocycles. The number of nitrogens with zero attached hydrogens (tertiary/aromatic N) is 2. The summed E-state index contributed by atoms with van der Waals surface area (Å²) in [6, 6.07) is 0. The third kappa shape index (κ3) is 2.64. The number of aliphatic hydroxyl groups is 1. The Morgan fingerprint density at radius 3 is 2.56 bits per heavy atom. The Kier molecular flexibility index (Phi) is 3.85. The van der Waals surface area contributed by atoms with Crippen molar-refractivity contribution in [3.63, 3.8) is 0 Å². The summed E-state index contributed by atoms with van der Waals surface area (Å²) in [6.45, 7) is 7.93. The summed E-state index contributed by atoms with van der Waals surface area (Å²) in [7, 11) is 0. The number of aliphatic hydroxyl groups excluding tert-OH is 1. The maximum atomic E-state index is 9.90. The number of ether oxygens (including phenoxy) is 1. The van der Waals surface area contributed by atoms with Crippen molar-refractivity contribution in [2.45, 2.75) is 59.2 Å². The van der Waals surface area contributed by atoms with Crippen molar-refractivity contribution in [3.05, 3.63) is 17.1 Å². The summed E-state index contributed by atoms with van der Waals surface area (Å²) in [5.41, 5.74) is 1.96. The molecule has 0 unspecified atom stereocenters. The molecule has 2 rings (SSSR count). The van der Waals surface area contributed by atoms with E-state index in [4.69, 9.17) is 4.74 Å². The van der Waals surface area contributed by atoms with Gasteiger partial charge in [0, 0.05) is 17.7 Å². The van der Waals surface area contributed by atoms with Crippen LogP contribution in [-0.2, 0) is 0 Å². The number of hydrogen-bond donors (Lipinski definition) is 1. The van der Waals surface area contributed by atoms with E-state index in [1.165, 1.54) is 0 Å². The van der Waals surface area contributed by atoms with Crippen LogP contribution in [0.25, 0.3) is 0 Å². The van der Waals surface area contributed by atoms with Gasteiger partial charge in [-0.1, -0.05) is 13.3 Å². The van der Waals surface area contributed by atoms with Crippen LogP contribution in [0.2, 0.25) is 0 Å². The maximum absolute atomic E-state index is 9.90. The first kappa shape index (κ1) is 13.3. The highest BCUT2D eigenvalue weighted by Crippen LogP contribution is 2.32. The summed E-state index contributed by atoms with van der Waals surface area (Å²) in [5.74, 6) is 1.77. The molecule has 3 atom stereocenters.